The van der Waals surface area contributed by atoms with Crippen LogP contribution in [0.15, 0.2) is 73.3 Å². The summed E-state index contributed by atoms with van der Waals surface area (Å²) in [6.45, 7) is 8.13. The summed E-state index contributed by atoms with van der Waals surface area (Å²) in [5, 5.41) is 14.5. The number of benzene rings is 3. The SMILES string of the molecule is C=C(C)c1ccc(-c2ccc(C(=O)C(=O)N[C@H](CN3CCCC3)[C@H](O)c3ccc(OC4CC4)c(Cl)c3)cc2)cc1. The molecule has 0 bridgehead atoms. The zero-order valence-electron chi connectivity index (χ0n) is 22.7. The highest BCUT2D eigenvalue weighted by Crippen LogP contribution is 2.34. The first-order valence-electron chi connectivity index (χ1n) is 13.9. The standard InChI is InChI=1S/C33H35ClN2O4/c1-21(2)22-5-7-23(8-6-22)24-9-11-25(12-10-24)32(38)33(39)35-29(20-36-17-3-4-18-36)31(37)26-13-16-30(28(34)19-26)40-27-14-15-27/h5-13,16,19,27,29,31,37H,1,3-4,14-15,17-18,20H2,2H3,(H,35,39)/t29-,31-/m1/s1. The van der Waals surface area contributed by atoms with Gasteiger partial charge in [0.25, 0.3) is 5.91 Å². The number of aliphatic hydroxyl groups is 1. The highest BCUT2D eigenvalue weighted by Gasteiger charge is 2.30. The summed E-state index contributed by atoms with van der Waals surface area (Å²) >= 11 is 6.44. The third-order valence-corrected chi connectivity index (χ3v) is 7.83. The van der Waals surface area contributed by atoms with E-state index in [4.69, 9.17) is 16.3 Å². The predicted molar refractivity (Wildman–Crippen MR) is 159 cm³/mol. The Kier molecular flexibility index (Phi) is 8.69. The molecule has 208 valence electrons. The van der Waals surface area contributed by atoms with Gasteiger partial charge in [-0.1, -0.05) is 78.4 Å². The smallest absolute Gasteiger partial charge is 0.292 e. The van der Waals surface area contributed by atoms with E-state index in [1.54, 1.807) is 30.3 Å². The number of hydrogen-bond acceptors (Lipinski definition) is 5. The average Bonchev–Trinajstić information content (AvgIpc) is 3.64. The van der Waals surface area contributed by atoms with E-state index in [-0.39, 0.29) is 6.10 Å². The van der Waals surface area contributed by atoms with E-state index < -0.39 is 23.8 Å². The summed E-state index contributed by atoms with van der Waals surface area (Å²) in [5.41, 5.74) is 4.87. The molecule has 3 aromatic rings. The Labute approximate surface area is 240 Å². The van der Waals surface area contributed by atoms with E-state index in [1.807, 2.05) is 43.3 Å². The first-order valence-corrected chi connectivity index (χ1v) is 14.2. The predicted octanol–water partition coefficient (Wildman–Crippen LogP) is 6.08. The van der Waals surface area contributed by atoms with Gasteiger partial charge in [0, 0.05) is 12.1 Å². The van der Waals surface area contributed by atoms with E-state index in [0.29, 0.717) is 28.4 Å². The van der Waals surface area contributed by atoms with Gasteiger partial charge in [-0.05, 0) is 80.1 Å². The second-order valence-electron chi connectivity index (χ2n) is 10.8. The molecule has 1 saturated carbocycles. The lowest BCUT2D eigenvalue weighted by molar-refractivity contribution is -0.118. The first kappa shape index (κ1) is 28.1. The van der Waals surface area contributed by atoms with Crippen LogP contribution in [0.5, 0.6) is 5.75 Å². The van der Waals surface area contributed by atoms with Gasteiger partial charge in [0.1, 0.15) is 11.9 Å². The van der Waals surface area contributed by atoms with Gasteiger partial charge < -0.3 is 20.1 Å². The zero-order chi connectivity index (χ0) is 28.2. The Balaban J connectivity index is 1.28. The number of carbonyl (C=O) groups is 2. The minimum Gasteiger partial charge on any atom is -0.489 e. The van der Waals surface area contributed by atoms with Gasteiger partial charge in [0.2, 0.25) is 5.78 Å². The number of rotatable bonds is 11. The van der Waals surface area contributed by atoms with Crippen LogP contribution >= 0.6 is 11.6 Å². The van der Waals surface area contributed by atoms with Crippen molar-refractivity contribution < 1.29 is 19.4 Å². The molecule has 1 heterocycles. The molecule has 0 aromatic heterocycles. The highest BCUT2D eigenvalue weighted by molar-refractivity contribution is 6.42. The number of nitrogens with one attached hydrogen (secondary N) is 1. The van der Waals surface area contributed by atoms with Crippen LogP contribution in [0.4, 0.5) is 0 Å². The summed E-state index contributed by atoms with van der Waals surface area (Å²) in [7, 11) is 0. The van der Waals surface area contributed by atoms with Gasteiger partial charge in [0.05, 0.1) is 17.2 Å². The number of halogens is 1. The van der Waals surface area contributed by atoms with Crippen molar-refractivity contribution in [2.75, 3.05) is 19.6 Å². The summed E-state index contributed by atoms with van der Waals surface area (Å²) in [4.78, 5) is 28.4. The number of nitrogens with zero attached hydrogens (tertiary/aromatic N) is 1. The van der Waals surface area contributed by atoms with Crippen LogP contribution in [0, 0.1) is 0 Å². The molecule has 5 rings (SSSR count). The fourth-order valence-electron chi connectivity index (χ4n) is 4.99. The number of Topliss-reactive ketones (excluding diaryl/α,β-unsaturated/α-hetero) is 1. The van der Waals surface area contributed by atoms with Crippen molar-refractivity contribution >= 4 is 28.9 Å². The molecule has 1 aliphatic heterocycles. The van der Waals surface area contributed by atoms with Gasteiger partial charge in [-0.3, -0.25) is 9.59 Å². The largest absolute Gasteiger partial charge is 0.489 e. The molecule has 2 atom stereocenters. The number of carbonyl (C=O) groups excluding carboxylic acids is 2. The molecule has 3 aromatic carbocycles. The van der Waals surface area contributed by atoms with Crippen LogP contribution in [0.1, 0.15) is 60.2 Å². The second kappa shape index (κ2) is 12.4. The van der Waals surface area contributed by atoms with Crippen molar-refractivity contribution in [3.8, 4) is 16.9 Å². The second-order valence-corrected chi connectivity index (χ2v) is 11.2. The molecule has 0 radical (unpaired) electrons. The molecule has 0 unspecified atom stereocenters. The van der Waals surface area contributed by atoms with Crippen LogP contribution in [0.3, 0.4) is 0 Å². The molecule has 40 heavy (non-hydrogen) atoms. The van der Waals surface area contributed by atoms with Crippen LogP contribution in [0.2, 0.25) is 5.02 Å². The Morgan fingerprint density at radius 1 is 1.00 bits per heavy atom. The number of ether oxygens (including phenoxy) is 1. The molecular weight excluding hydrogens is 524 g/mol. The Morgan fingerprint density at radius 3 is 2.15 bits per heavy atom. The number of amides is 1. The first-order chi connectivity index (χ1) is 19.3. The van der Waals surface area contributed by atoms with Crippen LogP contribution in [0.25, 0.3) is 16.7 Å². The Morgan fingerprint density at radius 2 is 1.60 bits per heavy atom. The number of likely N-dealkylation sites (tertiary alicyclic amines) is 1. The number of aliphatic hydroxyl groups excluding tert-OH is 1. The topological polar surface area (TPSA) is 78.9 Å². The molecule has 1 amide bonds. The fourth-order valence-corrected chi connectivity index (χ4v) is 5.22. The van der Waals surface area contributed by atoms with Crippen molar-refractivity contribution in [1.82, 2.24) is 10.2 Å². The van der Waals surface area contributed by atoms with E-state index in [0.717, 1.165) is 61.0 Å². The fraction of sp³-hybridized carbons (Fsp3) is 0.333. The lowest BCUT2D eigenvalue weighted by Gasteiger charge is -2.28. The summed E-state index contributed by atoms with van der Waals surface area (Å²) in [6.07, 6.45) is 3.33. The summed E-state index contributed by atoms with van der Waals surface area (Å²) in [5.74, 6) is -0.804. The van der Waals surface area contributed by atoms with E-state index >= 15 is 0 Å². The van der Waals surface area contributed by atoms with Crippen LogP contribution in [-0.2, 0) is 4.79 Å². The molecule has 2 fully saturated rings. The molecule has 7 heteroatoms. The quantitative estimate of drug-likeness (QED) is 0.220. The molecular formula is C33H35ClN2O4. The third-order valence-electron chi connectivity index (χ3n) is 7.53. The summed E-state index contributed by atoms with van der Waals surface area (Å²) in [6, 6.07) is 19.5. The summed E-state index contributed by atoms with van der Waals surface area (Å²) < 4.78 is 5.82. The molecule has 1 saturated heterocycles. The van der Waals surface area contributed by atoms with E-state index in [2.05, 4.69) is 16.8 Å². The lowest BCUT2D eigenvalue weighted by Crippen LogP contribution is -2.48. The maximum absolute atomic E-state index is 13.1. The maximum Gasteiger partial charge on any atom is 0.292 e. The monoisotopic (exact) mass is 558 g/mol. The van der Waals surface area contributed by atoms with Gasteiger partial charge in [-0.15, -0.1) is 0 Å². The minimum absolute atomic E-state index is 0.206. The van der Waals surface area contributed by atoms with E-state index in [1.165, 1.54) is 0 Å². The average molecular weight is 559 g/mol. The Bertz CT molecular complexity index is 1380. The molecule has 6 nitrogen and oxygen atoms in total. The Hall–Kier alpha value is -3.45. The van der Waals surface area contributed by atoms with Gasteiger partial charge in [-0.2, -0.15) is 0 Å². The van der Waals surface area contributed by atoms with Crippen molar-refractivity contribution in [2.45, 2.75) is 50.9 Å². The van der Waals surface area contributed by atoms with E-state index in [9.17, 15) is 14.7 Å². The molecule has 2 aliphatic rings. The van der Waals surface area contributed by atoms with Crippen molar-refractivity contribution in [2.24, 2.45) is 0 Å². The van der Waals surface area contributed by atoms with Gasteiger partial charge in [0.15, 0.2) is 0 Å². The van der Waals surface area contributed by atoms with Crippen LogP contribution in [-0.4, -0.2) is 53.5 Å². The number of hydrogen-bond donors (Lipinski definition) is 2. The minimum atomic E-state index is -1.05. The van der Waals surface area contributed by atoms with Crippen molar-refractivity contribution in [1.29, 1.82) is 0 Å². The maximum atomic E-state index is 13.1. The van der Waals surface area contributed by atoms with Crippen LogP contribution < -0.4 is 10.1 Å². The number of ketones is 1. The molecule has 2 N–H and O–H groups in total. The molecule has 0 spiro atoms. The third kappa shape index (κ3) is 6.81. The van der Waals surface area contributed by atoms with Crippen molar-refractivity contribution in [3.63, 3.8) is 0 Å². The van der Waals surface area contributed by atoms with Gasteiger partial charge in [-0.25, -0.2) is 0 Å². The zero-order valence-corrected chi connectivity index (χ0v) is 23.5. The highest BCUT2D eigenvalue weighted by atomic mass is 35.5. The lowest BCUT2D eigenvalue weighted by atomic mass is 9.99. The number of allylic oxidation sites excluding steroid dienone is 1. The normalized spacial score (nSPS) is 16.8. The van der Waals surface area contributed by atoms with Gasteiger partial charge >= 0.3 is 0 Å². The molecule has 1 aliphatic carbocycles. The van der Waals surface area contributed by atoms with Crippen molar-refractivity contribution in [3.05, 3.63) is 95.0 Å².